The second-order valence-corrected chi connectivity index (χ2v) is 6.55. The molecule has 0 spiro atoms. The van der Waals surface area contributed by atoms with Gasteiger partial charge in [0.25, 0.3) is 5.91 Å². The minimum Gasteiger partial charge on any atom is -0.377 e. The fraction of sp³-hybridized carbons (Fsp3) is 0.474. The first-order chi connectivity index (χ1) is 12.1. The minimum atomic E-state index is -0.199. The first-order valence-corrected chi connectivity index (χ1v) is 8.56. The number of anilines is 1. The van der Waals surface area contributed by atoms with Gasteiger partial charge in [-0.25, -0.2) is 0 Å². The Kier molecular flexibility index (Phi) is 5.50. The van der Waals surface area contributed by atoms with Crippen molar-refractivity contribution in [3.8, 4) is 0 Å². The van der Waals surface area contributed by atoms with Gasteiger partial charge in [0.15, 0.2) is 0 Å². The maximum absolute atomic E-state index is 12.5. The van der Waals surface area contributed by atoms with Crippen molar-refractivity contribution in [2.24, 2.45) is 5.92 Å². The number of hydrogen-bond acceptors (Lipinski definition) is 4. The van der Waals surface area contributed by atoms with E-state index in [0.717, 1.165) is 18.4 Å². The highest BCUT2D eigenvalue weighted by Gasteiger charge is 2.29. The van der Waals surface area contributed by atoms with E-state index in [9.17, 15) is 9.59 Å². The molecule has 2 N–H and O–H groups in total. The van der Waals surface area contributed by atoms with Gasteiger partial charge in [-0.15, -0.1) is 0 Å². The predicted octanol–water partition coefficient (Wildman–Crippen LogP) is 2.04. The zero-order chi connectivity index (χ0) is 17.8. The van der Waals surface area contributed by atoms with Crippen LogP contribution in [-0.2, 0) is 14.3 Å². The molecule has 3 rings (SSSR count). The summed E-state index contributed by atoms with van der Waals surface area (Å²) in [5, 5.41) is 5.89. The Bertz CT molecular complexity index is 678. The van der Waals surface area contributed by atoms with Gasteiger partial charge in [-0.05, 0) is 37.5 Å². The summed E-state index contributed by atoms with van der Waals surface area (Å²) in [5.74, 6) is -0.222. The number of hydrogen-bond donors (Lipinski definition) is 2. The molecule has 0 unspecified atom stereocenters. The molecule has 2 atom stereocenters. The van der Waals surface area contributed by atoms with Crippen molar-refractivity contribution >= 4 is 17.5 Å². The zero-order valence-electron chi connectivity index (χ0n) is 14.6. The molecule has 1 aliphatic carbocycles. The lowest BCUT2D eigenvalue weighted by Crippen LogP contribution is -2.43. The van der Waals surface area contributed by atoms with E-state index in [1.807, 2.05) is 25.1 Å². The summed E-state index contributed by atoms with van der Waals surface area (Å²) >= 11 is 0. The van der Waals surface area contributed by atoms with Crippen molar-refractivity contribution < 1.29 is 19.1 Å². The Hall–Kier alpha value is -2.18. The number of nitrogens with one attached hydrogen (secondary N) is 2. The number of methoxy groups -OCH3 is 1. The van der Waals surface area contributed by atoms with Crippen molar-refractivity contribution in [1.29, 1.82) is 0 Å². The molecule has 2 amide bonds. The van der Waals surface area contributed by atoms with Gasteiger partial charge in [0.05, 0.1) is 19.3 Å². The van der Waals surface area contributed by atoms with E-state index >= 15 is 0 Å². The summed E-state index contributed by atoms with van der Waals surface area (Å²) in [4.78, 5) is 24.8. The third kappa shape index (κ3) is 4.08. The Labute approximate surface area is 147 Å². The number of carbonyl (C=O) groups is 2. The van der Waals surface area contributed by atoms with Crippen LogP contribution in [0, 0.1) is 12.8 Å². The number of allylic oxidation sites excluding steroid dienone is 2. The van der Waals surface area contributed by atoms with E-state index in [-0.39, 0.29) is 29.9 Å². The molecule has 0 radical (unpaired) electrons. The van der Waals surface area contributed by atoms with Crippen LogP contribution in [0.4, 0.5) is 5.69 Å². The first kappa shape index (κ1) is 17.6. The molecule has 25 heavy (non-hydrogen) atoms. The molecule has 0 saturated carbocycles. The van der Waals surface area contributed by atoms with E-state index in [2.05, 4.69) is 10.6 Å². The van der Waals surface area contributed by atoms with Crippen LogP contribution in [0.15, 0.2) is 30.4 Å². The third-order valence-corrected chi connectivity index (χ3v) is 4.78. The van der Waals surface area contributed by atoms with Crippen LogP contribution in [0.1, 0.15) is 28.8 Å². The highest BCUT2D eigenvalue weighted by Crippen LogP contribution is 2.23. The van der Waals surface area contributed by atoms with E-state index in [4.69, 9.17) is 9.47 Å². The van der Waals surface area contributed by atoms with Crippen molar-refractivity contribution in [3.63, 3.8) is 0 Å². The first-order valence-electron chi connectivity index (χ1n) is 8.56. The Balaban J connectivity index is 1.67. The normalized spacial score (nSPS) is 23.0. The molecule has 0 aromatic heterocycles. The average Bonchev–Trinajstić information content (AvgIpc) is 3.28. The van der Waals surface area contributed by atoms with Crippen molar-refractivity contribution in [2.45, 2.75) is 31.9 Å². The van der Waals surface area contributed by atoms with Gasteiger partial charge in [0.2, 0.25) is 5.91 Å². The Morgan fingerprint density at radius 3 is 2.68 bits per heavy atom. The lowest BCUT2D eigenvalue weighted by atomic mass is 10.0. The van der Waals surface area contributed by atoms with Crippen LogP contribution >= 0.6 is 0 Å². The van der Waals surface area contributed by atoms with Crippen LogP contribution in [-0.4, -0.2) is 44.3 Å². The number of ether oxygens (including phenoxy) is 2. The maximum Gasteiger partial charge on any atom is 0.251 e. The summed E-state index contributed by atoms with van der Waals surface area (Å²) in [6.45, 7) is 2.83. The summed E-state index contributed by atoms with van der Waals surface area (Å²) in [5.41, 5.74) is 2.11. The Morgan fingerprint density at radius 2 is 1.96 bits per heavy atom. The fourth-order valence-corrected chi connectivity index (χ4v) is 3.12. The number of amides is 2. The van der Waals surface area contributed by atoms with E-state index < -0.39 is 0 Å². The van der Waals surface area contributed by atoms with Crippen molar-refractivity contribution in [3.05, 3.63) is 41.5 Å². The second-order valence-electron chi connectivity index (χ2n) is 6.55. The smallest absolute Gasteiger partial charge is 0.251 e. The molecule has 1 aliphatic heterocycles. The standard InChI is InChI=1S/C19H24N2O4/c1-12-7-8-14(19(23)21-16-10-25-11-17(16)24-2)9-15(12)20-18(22)13-5-3-4-6-13/h3-4,7-9,13,16-17H,5-6,10-11H2,1-2H3,(H,20,22)(H,21,23)/t16-,17+/m0/s1. The summed E-state index contributed by atoms with van der Waals surface area (Å²) < 4.78 is 10.7. The molecular weight excluding hydrogens is 320 g/mol. The number of benzene rings is 1. The van der Waals surface area contributed by atoms with Crippen LogP contribution in [0.2, 0.25) is 0 Å². The summed E-state index contributed by atoms with van der Waals surface area (Å²) in [6.07, 6.45) is 5.45. The van der Waals surface area contributed by atoms with Crippen molar-refractivity contribution in [1.82, 2.24) is 5.32 Å². The molecule has 6 heteroatoms. The monoisotopic (exact) mass is 344 g/mol. The van der Waals surface area contributed by atoms with Gasteiger partial charge in [0, 0.05) is 24.3 Å². The van der Waals surface area contributed by atoms with Gasteiger partial charge in [0.1, 0.15) is 6.10 Å². The van der Waals surface area contributed by atoms with Gasteiger partial charge in [-0.2, -0.15) is 0 Å². The lowest BCUT2D eigenvalue weighted by Gasteiger charge is -2.18. The molecule has 0 bridgehead atoms. The second kappa shape index (κ2) is 7.80. The SMILES string of the molecule is CO[C@@H]1COC[C@@H]1NC(=O)c1ccc(C)c(NC(=O)C2CC=CC2)c1. The van der Waals surface area contributed by atoms with Crippen LogP contribution in [0.5, 0.6) is 0 Å². The molecule has 1 saturated heterocycles. The molecule has 134 valence electrons. The topological polar surface area (TPSA) is 76.7 Å². The summed E-state index contributed by atoms with van der Waals surface area (Å²) in [6, 6.07) is 5.16. The van der Waals surface area contributed by atoms with Crippen LogP contribution in [0.25, 0.3) is 0 Å². The number of carbonyl (C=O) groups excluding carboxylic acids is 2. The third-order valence-electron chi connectivity index (χ3n) is 4.78. The quantitative estimate of drug-likeness (QED) is 0.802. The molecule has 1 aromatic rings. The van der Waals surface area contributed by atoms with Gasteiger partial charge in [-0.1, -0.05) is 18.2 Å². The average molecular weight is 344 g/mol. The van der Waals surface area contributed by atoms with Crippen molar-refractivity contribution in [2.75, 3.05) is 25.6 Å². The Morgan fingerprint density at radius 1 is 1.20 bits per heavy atom. The fourth-order valence-electron chi connectivity index (χ4n) is 3.12. The number of aryl methyl sites for hydroxylation is 1. The highest BCUT2D eigenvalue weighted by atomic mass is 16.5. The molecule has 6 nitrogen and oxygen atoms in total. The lowest BCUT2D eigenvalue weighted by molar-refractivity contribution is -0.119. The minimum absolute atomic E-state index is 0.00528. The van der Waals surface area contributed by atoms with Gasteiger partial charge >= 0.3 is 0 Å². The molecular formula is C19H24N2O4. The molecule has 2 aliphatic rings. The zero-order valence-corrected chi connectivity index (χ0v) is 14.6. The molecule has 1 heterocycles. The van der Waals surface area contributed by atoms with E-state index in [0.29, 0.717) is 24.5 Å². The summed E-state index contributed by atoms with van der Waals surface area (Å²) in [7, 11) is 1.61. The van der Waals surface area contributed by atoms with E-state index in [1.54, 1.807) is 19.2 Å². The van der Waals surface area contributed by atoms with Crippen LogP contribution < -0.4 is 10.6 Å². The van der Waals surface area contributed by atoms with Crippen LogP contribution in [0.3, 0.4) is 0 Å². The maximum atomic E-state index is 12.5. The van der Waals surface area contributed by atoms with Gasteiger partial charge < -0.3 is 20.1 Å². The predicted molar refractivity (Wildman–Crippen MR) is 94.5 cm³/mol. The number of rotatable bonds is 5. The molecule has 1 aromatic carbocycles. The van der Waals surface area contributed by atoms with Gasteiger partial charge in [-0.3, -0.25) is 9.59 Å². The largest absolute Gasteiger partial charge is 0.377 e. The molecule has 1 fully saturated rings. The van der Waals surface area contributed by atoms with E-state index in [1.165, 1.54) is 0 Å². The highest BCUT2D eigenvalue weighted by molar-refractivity contribution is 5.98.